The largest absolute Gasteiger partial charge is 0.319 e. The van der Waals surface area contributed by atoms with E-state index in [1.165, 1.54) is 27.8 Å². The van der Waals surface area contributed by atoms with E-state index in [0.29, 0.717) is 0 Å². The van der Waals surface area contributed by atoms with Crippen molar-refractivity contribution in [3.8, 4) is 0 Å². The molecule has 0 fully saturated rings. The molecule has 3 aromatic rings. The van der Waals surface area contributed by atoms with Gasteiger partial charge in [-0.25, -0.2) is 10.0 Å². The minimum absolute atomic E-state index is 0.193. The number of hydrogen-bond donors (Lipinski definition) is 2. The van der Waals surface area contributed by atoms with Crippen molar-refractivity contribution >= 4 is 11.4 Å². The maximum Gasteiger partial charge on any atom is 0.0492 e. The smallest absolute Gasteiger partial charge is 0.0492 e. The SMILES string of the molecule is Cc1cc(NN(C)C)ccc1C(c1ccccc1)c1ccc(NN(C)C)cc1C. The van der Waals surface area contributed by atoms with Gasteiger partial charge in [0.05, 0.1) is 0 Å². The maximum absolute atomic E-state index is 3.35. The molecule has 0 aromatic heterocycles. The summed E-state index contributed by atoms with van der Waals surface area (Å²) >= 11 is 0. The van der Waals surface area contributed by atoms with Gasteiger partial charge < -0.3 is 10.9 Å². The van der Waals surface area contributed by atoms with E-state index in [0.717, 1.165) is 11.4 Å². The van der Waals surface area contributed by atoms with Crippen LogP contribution in [0.2, 0.25) is 0 Å². The van der Waals surface area contributed by atoms with Gasteiger partial charge in [-0.05, 0) is 65.9 Å². The number of hydrogen-bond acceptors (Lipinski definition) is 4. The van der Waals surface area contributed by atoms with Crippen LogP contribution in [0.1, 0.15) is 33.7 Å². The van der Waals surface area contributed by atoms with E-state index in [1.807, 2.05) is 38.2 Å². The van der Waals surface area contributed by atoms with Gasteiger partial charge in [-0.2, -0.15) is 0 Å². The first-order valence-corrected chi connectivity index (χ1v) is 9.99. The third kappa shape index (κ3) is 5.17. The van der Waals surface area contributed by atoms with E-state index in [2.05, 4.69) is 91.4 Å². The summed E-state index contributed by atoms with van der Waals surface area (Å²) in [5.41, 5.74) is 15.4. The lowest BCUT2D eigenvalue weighted by Crippen LogP contribution is -2.20. The lowest BCUT2D eigenvalue weighted by molar-refractivity contribution is 0.495. The van der Waals surface area contributed by atoms with Crippen LogP contribution in [0.15, 0.2) is 66.7 Å². The van der Waals surface area contributed by atoms with Gasteiger partial charge >= 0.3 is 0 Å². The first-order chi connectivity index (χ1) is 13.8. The average molecular weight is 389 g/mol. The Morgan fingerprint density at radius 2 is 1.07 bits per heavy atom. The van der Waals surface area contributed by atoms with Gasteiger partial charge in [0.1, 0.15) is 0 Å². The summed E-state index contributed by atoms with van der Waals surface area (Å²) in [4.78, 5) is 0. The standard InChI is InChI=1S/C25H32N4/c1-18-16-21(26-28(3)4)12-14-23(18)25(20-10-8-7-9-11-20)24-15-13-22(17-19(24)2)27-29(5)6/h7-17,25-27H,1-6H3. The van der Waals surface area contributed by atoms with Crippen LogP contribution in [-0.4, -0.2) is 38.2 Å². The van der Waals surface area contributed by atoms with Crippen LogP contribution >= 0.6 is 0 Å². The predicted molar refractivity (Wildman–Crippen MR) is 124 cm³/mol. The molecule has 0 saturated carbocycles. The highest BCUT2D eigenvalue weighted by Crippen LogP contribution is 2.37. The topological polar surface area (TPSA) is 30.5 Å². The van der Waals surface area contributed by atoms with Gasteiger partial charge in [0.2, 0.25) is 0 Å². The van der Waals surface area contributed by atoms with Gasteiger partial charge in [-0.15, -0.1) is 0 Å². The molecular formula is C25H32N4. The molecule has 0 heterocycles. The van der Waals surface area contributed by atoms with Crippen LogP contribution in [0, 0.1) is 13.8 Å². The summed E-state index contributed by atoms with van der Waals surface area (Å²) in [6.45, 7) is 4.40. The van der Waals surface area contributed by atoms with Gasteiger partial charge in [0.15, 0.2) is 0 Å². The number of rotatable bonds is 7. The molecule has 0 saturated heterocycles. The molecule has 29 heavy (non-hydrogen) atoms. The second kappa shape index (κ2) is 9.12. The Kier molecular flexibility index (Phi) is 6.57. The quantitative estimate of drug-likeness (QED) is 0.427. The zero-order valence-corrected chi connectivity index (χ0v) is 18.3. The molecular weight excluding hydrogens is 356 g/mol. The summed E-state index contributed by atoms with van der Waals surface area (Å²) in [6, 6.07) is 24.1. The summed E-state index contributed by atoms with van der Waals surface area (Å²) < 4.78 is 0. The van der Waals surface area contributed by atoms with E-state index in [-0.39, 0.29) is 5.92 Å². The van der Waals surface area contributed by atoms with Crippen LogP contribution in [0.3, 0.4) is 0 Å². The van der Waals surface area contributed by atoms with E-state index in [1.54, 1.807) is 0 Å². The molecule has 4 heteroatoms. The lowest BCUT2D eigenvalue weighted by atomic mass is 9.81. The monoisotopic (exact) mass is 388 g/mol. The fraction of sp³-hybridized carbons (Fsp3) is 0.280. The molecule has 152 valence electrons. The maximum atomic E-state index is 3.35. The van der Waals surface area contributed by atoms with Crippen LogP contribution < -0.4 is 10.9 Å². The molecule has 0 aliphatic heterocycles. The second-order valence-corrected chi connectivity index (χ2v) is 8.00. The van der Waals surface area contributed by atoms with Crippen molar-refractivity contribution in [1.82, 2.24) is 10.0 Å². The normalized spacial score (nSPS) is 11.3. The number of nitrogens with one attached hydrogen (secondary N) is 2. The highest BCUT2D eigenvalue weighted by Gasteiger charge is 2.21. The fourth-order valence-electron chi connectivity index (χ4n) is 3.83. The van der Waals surface area contributed by atoms with Crippen LogP contribution in [0.5, 0.6) is 0 Å². The van der Waals surface area contributed by atoms with Crippen molar-refractivity contribution < 1.29 is 0 Å². The van der Waals surface area contributed by atoms with Gasteiger partial charge in [0.25, 0.3) is 0 Å². The van der Waals surface area contributed by atoms with E-state index in [9.17, 15) is 0 Å². The summed E-state index contributed by atoms with van der Waals surface area (Å²) in [6.07, 6.45) is 0. The molecule has 0 amide bonds. The number of aryl methyl sites for hydroxylation is 2. The van der Waals surface area contributed by atoms with Gasteiger partial charge in [0, 0.05) is 45.5 Å². The Balaban J connectivity index is 2.08. The minimum Gasteiger partial charge on any atom is -0.319 e. The summed E-state index contributed by atoms with van der Waals surface area (Å²) in [5.74, 6) is 0.193. The molecule has 0 bridgehead atoms. The van der Waals surface area contributed by atoms with Crippen molar-refractivity contribution in [2.45, 2.75) is 19.8 Å². The number of benzene rings is 3. The number of anilines is 2. The Bertz CT molecular complexity index is 889. The second-order valence-electron chi connectivity index (χ2n) is 8.00. The third-order valence-electron chi connectivity index (χ3n) is 5.00. The highest BCUT2D eigenvalue weighted by molar-refractivity contribution is 5.57. The first kappa shape index (κ1) is 20.9. The van der Waals surface area contributed by atoms with Crippen LogP contribution in [0.25, 0.3) is 0 Å². The zero-order chi connectivity index (χ0) is 21.0. The molecule has 0 radical (unpaired) electrons. The van der Waals surface area contributed by atoms with E-state index in [4.69, 9.17) is 0 Å². The molecule has 0 aliphatic carbocycles. The summed E-state index contributed by atoms with van der Waals surface area (Å²) in [5, 5.41) is 3.92. The van der Waals surface area contributed by atoms with Crippen molar-refractivity contribution in [2.24, 2.45) is 0 Å². The minimum atomic E-state index is 0.193. The van der Waals surface area contributed by atoms with Gasteiger partial charge in [-0.1, -0.05) is 42.5 Å². The predicted octanol–water partition coefficient (Wildman–Crippen LogP) is 5.26. The van der Waals surface area contributed by atoms with Crippen molar-refractivity contribution in [1.29, 1.82) is 0 Å². The molecule has 3 aromatic carbocycles. The molecule has 0 unspecified atom stereocenters. The van der Waals surface area contributed by atoms with Crippen LogP contribution in [-0.2, 0) is 0 Å². The highest BCUT2D eigenvalue weighted by atomic mass is 15.5. The third-order valence-corrected chi connectivity index (χ3v) is 5.00. The molecule has 0 aliphatic rings. The Labute approximate surface area is 175 Å². The number of hydrazine groups is 2. The molecule has 3 rings (SSSR count). The Hall–Kier alpha value is -2.82. The fourth-order valence-corrected chi connectivity index (χ4v) is 3.83. The average Bonchev–Trinajstić information content (AvgIpc) is 2.65. The molecule has 0 spiro atoms. The molecule has 0 atom stereocenters. The van der Waals surface area contributed by atoms with Crippen LogP contribution in [0.4, 0.5) is 11.4 Å². The Morgan fingerprint density at radius 3 is 1.45 bits per heavy atom. The van der Waals surface area contributed by atoms with Gasteiger partial charge in [-0.3, -0.25) is 0 Å². The first-order valence-electron chi connectivity index (χ1n) is 9.99. The van der Waals surface area contributed by atoms with E-state index >= 15 is 0 Å². The zero-order valence-electron chi connectivity index (χ0n) is 18.3. The number of nitrogens with zero attached hydrogens (tertiary/aromatic N) is 2. The molecule has 4 nitrogen and oxygen atoms in total. The lowest BCUT2D eigenvalue weighted by Gasteiger charge is -2.25. The van der Waals surface area contributed by atoms with Crippen molar-refractivity contribution in [3.63, 3.8) is 0 Å². The van der Waals surface area contributed by atoms with Crippen molar-refractivity contribution in [3.05, 3.63) is 94.5 Å². The van der Waals surface area contributed by atoms with Crippen molar-refractivity contribution in [2.75, 3.05) is 39.0 Å². The Morgan fingerprint density at radius 1 is 0.621 bits per heavy atom. The summed E-state index contributed by atoms with van der Waals surface area (Å²) in [7, 11) is 8.01. The van der Waals surface area contributed by atoms with E-state index < -0.39 is 0 Å². The molecule has 2 N–H and O–H groups in total.